The van der Waals surface area contributed by atoms with Crippen molar-refractivity contribution >= 4 is 64.6 Å². The molecule has 2 aromatic carbocycles. The summed E-state index contributed by atoms with van der Waals surface area (Å²) in [7, 11) is 0. The maximum Gasteiger partial charge on any atom is 0.160 e. The molecule has 2 heterocycles. The summed E-state index contributed by atoms with van der Waals surface area (Å²) in [4.78, 5) is 18.9. The molecule has 254 valence electrons. The molecule has 0 bridgehead atoms. The third-order valence-electron chi connectivity index (χ3n) is 7.83. The molecule has 4 aromatic rings. The highest BCUT2D eigenvalue weighted by Crippen LogP contribution is 2.22. The number of thiophene rings is 2. The first kappa shape index (κ1) is 39.8. The number of aldehydes is 1. The average molecular weight is 671 g/mol. The van der Waals surface area contributed by atoms with Crippen molar-refractivity contribution in [1.29, 1.82) is 0 Å². The number of carbonyl (C=O) groups excluding carboxylic acids is 1. The Labute approximate surface area is 294 Å². The summed E-state index contributed by atoms with van der Waals surface area (Å²) in [6.07, 6.45) is 19.4. The van der Waals surface area contributed by atoms with Crippen molar-refractivity contribution in [1.82, 2.24) is 0 Å². The molecule has 0 saturated carbocycles. The Hall–Kier alpha value is -3.41. The van der Waals surface area contributed by atoms with E-state index in [-0.39, 0.29) is 7.43 Å². The number of hydrogen-bond acceptors (Lipinski definition) is 5. The highest BCUT2D eigenvalue weighted by atomic mass is 32.1. The summed E-state index contributed by atoms with van der Waals surface area (Å²) in [5.74, 6) is 0. The van der Waals surface area contributed by atoms with E-state index < -0.39 is 0 Å². The van der Waals surface area contributed by atoms with E-state index in [1.54, 1.807) is 11.3 Å². The van der Waals surface area contributed by atoms with Gasteiger partial charge >= 0.3 is 0 Å². The highest BCUT2D eigenvalue weighted by molar-refractivity contribution is 7.14. The largest absolute Gasteiger partial charge is 0.372 e. The van der Waals surface area contributed by atoms with Crippen molar-refractivity contribution in [2.45, 2.75) is 86.5 Å². The van der Waals surface area contributed by atoms with E-state index in [2.05, 4.69) is 128 Å². The van der Waals surface area contributed by atoms with Crippen molar-refractivity contribution in [2.24, 2.45) is 0 Å². The quantitative estimate of drug-likeness (QED) is 0.0928. The van der Waals surface area contributed by atoms with Gasteiger partial charge < -0.3 is 9.80 Å². The van der Waals surface area contributed by atoms with Crippen LogP contribution in [0.5, 0.6) is 0 Å². The lowest BCUT2D eigenvalue weighted by atomic mass is 10.1. The van der Waals surface area contributed by atoms with Crippen LogP contribution < -0.4 is 9.80 Å². The SMILES string of the molecule is C.CCCCN(CCCC)c1ccc(/C=C/c2ccc(C=O)s2)cc1.CCCCN(CCCC)c1ccc(/C=C/c2cccs2)cc1. The van der Waals surface area contributed by atoms with E-state index in [1.165, 1.54) is 103 Å². The van der Waals surface area contributed by atoms with Crippen LogP contribution in [0.15, 0.2) is 78.2 Å². The number of benzene rings is 2. The van der Waals surface area contributed by atoms with Gasteiger partial charge in [0.1, 0.15) is 0 Å². The molecule has 5 heteroatoms. The lowest BCUT2D eigenvalue weighted by Gasteiger charge is -2.24. The second-order valence-corrected chi connectivity index (χ2v) is 13.7. The first-order valence-electron chi connectivity index (χ1n) is 17.2. The van der Waals surface area contributed by atoms with Crippen LogP contribution in [0.1, 0.15) is 117 Å². The fourth-order valence-corrected chi connectivity index (χ4v) is 6.34. The van der Waals surface area contributed by atoms with Crippen LogP contribution >= 0.6 is 22.7 Å². The van der Waals surface area contributed by atoms with Crippen molar-refractivity contribution in [2.75, 3.05) is 36.0 Å². The number of carbonyl (C=O) groups is 1. The number of rotatable bonds is 19. The Morgan fingerprint density at radius 2 is 0.957 bits per heavy atom. The average Bonchev–Trinajstić information content (AvgIpc) is 3.80. The minimum absolute atomic E-state index is 0. The molecule has 4 rings (SSSR count). The molecule has 47 heavy (non-hydrogen) atoms. The van der Waals surface area contributed by atoms with Gasteiger partial charge in [0.05, 0.1) is 4.88 Å². The van der Waals surface area contributed by atoms with Crippen LogP contribution in [-0.4, -0.2) is 32.5 Å². The normalized spacial score (nSPS) is 10.9. The van der Waals surface area contributed by atoms with Crippen molar-refractivity contribution < 1.29 is 4.79 Å². The summed E-state index contributed by atoms with van der Waals surface area (Å²) in [5.41, 5.74) is 5.12. The van der Waals surface area contributed by atoms with Gasteiger partial charge in [-0.3, -0.25) is 4.79 Å². The van der Waals surface area contributed by atoms with Gasteiger partial charge in [0.2, 0.25) is 0 Å². The van der Waals surface area contributed by atoms with E-state index >= 15 is 0 Å². The van der Waals surface area contributed by atoms with Gasteiger partial charge in [0, 0.05) is 47.3 Å². The molecular weight excluding hydrogens is 613 g/mol. The zero-order chi connectivity index (χ0) is 32.8. The van der Waals surface area contributed by atoms with Crippen LogP contribution in [0.4, 0.5) is 11.4 Å². The van der Waals surface area contributed by atoms with Crippen LogP contribution in [0.25, 0.3) is 24.3 Å². The molecule has 0 aliphatic carbocycles. The monoisotopic (exact) mass is 670 g/mol. The summed E-state index contributed by atoms with van der Waals surface area (Å²) >= 11 is 3.29. The Bertz CT molecular complexity index is 1390. The number of unbranched alkanes of at least 4 members (excludes halogenated alkanes) is 4. The van der Waals surface area contributed by atoms with Crippen molar-refractivity contribution in [3.63, 3.8) is 0 Å². The predicted octanol–water partition coefficient (Wildman–Crippen LogP) is 13.1. The molecule has 2 aromatic heterocycles. The molecule has 0 unspecified atom stereocenters. The van der Waals surface area contributed by atoms with Crippen LogP contribution in [-0.2, 0) is 0 Å². The lowest BCUT2D eigenvalue weighted by molar-refractivity contribution is 0.112. The van der Waals surface area contributed by atoms with Gasteiger partial charge in [0.15, 0.2) is 6.29 Å². The molecule has 0 spiro atoms. The number of nitrogens with zero attached hydrogens (tertiary/aromatic N) is 2. The van der Waals surface area contributed by atoms with E-state index in [1.807, 2.05) is 12.1 Å². The van der Waals surface area contributed by atoms with E-state index in [9.17, 15) is 4.79 Å². The Balaban J connectivity index is 0.000000321. The zero-order valence-corrected chi connectivity index (χ0v) is 30.1. The predicted molar refractivity (Wildman–Crippen MR) is 216 cm³/mol. The fourth-order valence-electron chi connectivity index (χ4n) is 4.99. The molecule has 0 amide bonds. The van der Waals surface area contributed by atoms with Crippen molar-refractivity contribution in [3.05, 3.63) is 104 Å². The molecule has 0 saturated heterocycles. The molecule has 3 nitrogen and oxygen atoms in total. The third kappa shape index (κ3) is 14.9. The van der Waals surface area contributed by atoms with Crippen LogP contribution in [0.2, 0.25) is 0 Å². The first-order chi connectivity index (χ1) is 22.6. The first-order valence-corrected chi connectivity index (χ1v) is 18.9. The molecule has 0 atom stereocenters. The molecule has 0 aliphatic heterocycles. The second-order valence-electron chi connectivity index (χ2n) is 11.6. The van der Waals surface area contributed by atoms with Gasteiger partial charge in [-0.2, -0.15) is 0 Å². The van der Waals surface area contributed by atoms with E-state index in [0.29, 0.717) is 0 Å². The smallest absolute Gasteiger partial charge is 0.160 e. The fraction of sp³-hybridized carbons (Fsp3) is 0.405. The van der Waals surface area contributed by atoms with Gasteiger partial charge in [-0.15, -0.1) is 22.7 Å². The standard InChI is InChI=1S/C21H27NOS.C20H27NS.CH4/c1-3-5-15-22(16-6-4-2)19-10-7-18(8-11-19)9-12-20-13-14-21(17-23)24-20;1-3-5-15-21(16-6-4-2)19-12-9-18(10-13-19)11-14-20-8-7-17-22-20;/h7-14,17H,3-6,15-16H2,1-2H3;7-14,17H,3-6,15-16H2,1-2H3;1H4/b12-9+;14-11+;. The lowest BCUT2D eigenvalue weighted by Crippen LogP contribution is -2.25. The summed E-state index contributed by atoms with van der Waals surface area (Å²) < 4.78 is 0. The maximum absolute atomic E-state index is 10.7. The highest BCUT2D eigenvalue weighted by Gasteiger charge is 2.06. The maximum atomic E-state index is 10.7. The third-order valence-corrected chi connectivity index (χ3v) is 9.64. The number of anilines is 2. The van der Waals surface area contributed by atoms with Gasteiger partial charge in [0.25, 0.3) is 0 Å². The van der Waals surface area contributed by atoms with Crippen molar-refractivity contribution in [3.8, 4) is 0 Å². The Morgan fingerprint density at radius 3 is 1.32 bits per heavy atom. The minimum Gasteiger partial charge on any atom is -0.372 e. The molecule has 0 radical (unpaired) electrons. The second kappa shape index (κ2) is 23.8. The molecule has 0 aliphatic rings. The molecule has 0 fully saturated rings. The van der Waals surface area contributed by atoms with Gasteiger partial charge in [-0.25, -0.2) is 0 Å². The topological polar surface area (TPSA) is 23.6 Å². The van der Waals surface area contributed by atoms with E-state index in [0.717, 1.165) is 29.1 Å². The van der Waals surface area contributed by atoms with Gasteiger partial charge in [-0.1, -0.05) is 103 Å². The van der Waals surface area contributed by atoms with Crippen LogP contribution in [0.3, 0.4) is 0 Å². The molecular formula is C42H58N2OS2. The summed E-state index contributed by atoms with van der Waals surface area (Å²) in [5, 5.41) is 2.11. The summed E-state index contributed by atoms with van der Waals surface area (Å²) in [6.45, 7) is 13.6. The Morgan fingerprint density at radius 1 is 0.532 bits per heavy atom. The number of hydrogen-bond donors (Lipinski definition) is 0. The molecule has 0 N–H and O–H groups in total. The van der Waals surface area contributed by atoms with E-state index in [4.69, 9.17) is 0 Å². The minimum atomic E-state index is 0. The summed E-state index contributed by atoms with van der Waals surface area (Å²) in [6, 6.07) is 25.8. The zero-order valence-electron chi connectivity index (χ0n) is 28.5. The Kier molecular flexibility index (Phi) is 20.2. The van der Waals surface area contributed by atoms with Gasteiger partial charge in [-0.05, 0) is 96.8 Å². The van der Waals surface area contributed by atoms with Crippen LogP contribution in [0, 0.1) is 0 Å².